The van der Waals surface area contributed by atoms with Gasteiger partial charge in [-0.3, -0.25) is 4.57 Å². The predicted molar refractivity (Wildman–Crippen MR) is 108 cm³/mol. The number of hydrogen-bond acceptors (Lipinski definition) is 4. The number of alkyl halides is 3. The highest BCUT2D eigenvalue weighted by atomic mass is 19.4. The second-order valence-electron chi connectivity index (χ2n) is 10.4. The fourth-order valence-electron chi connectivity index (χ4n) is 7.52. The molecule has 2 heterocycles. The van der Waals surface area contributed by atoms with Crippen molar-refractivity contribution in [1.82, 2.24) is 14.8 Å². The molecule has 4 saturated carbocycles. The first kappa shape index (κ1) is 20.2. The Kier molecular flexibility index (Phi) is 4.31. The number of rotatable bonds is 3. The Bertz CT molecular complexity index is 1010. The van der Waals surface area contributed by atoms with Gasteiger partial charge in [-0.15, -0.1) is 10.2 Å². The Morgan fingerprint density at radius 2 is 1.62 bits per heavy atom. The van der Waals surface area contributed by atoms with Crippen molar-refractivity contribution < 1.29 is 22.7 Å². The van der Waals surface area contributed by atoms with E-state index in [9.17, 15) is 18.0 Å². The second-order valence-corrected chi connectivity index (χ2v) is 10.4. The molecule has 170 valence electrons. The normalized spacial score (nSPS) is 35.5. The standard InChI is InChI=1S/C24H26F3N3O2/c25-24(26,27)21(31)32-23(18-5-2-1-3-6-18)8-4-7-19-28-29-20(30(19)23)22-12-15-9-16(13-22)11-17(10-15)14-22/h1-3,5-6,15-17H,4,7-14H2. The summed E-state index contributed by atoms with van der Waals surface area (Å²) in [6.45, 7) is 0. The van der Waals surface area contributed by atoms with Crippen molar-refractivity contribution in [2.75, 3.05) is 0 Å². The van der Waals surface area contributed by atoms with Crippen molar-refractivity contribution in [2.24, 2.45) is 17.8 Å². The monoisotopic (exact) mass is 445 g/mol. The van der Waals surface area contributed by atoms with Crippen LogP contribution in [-0.2, 0) is 27.1 Å². The third-order valence-corrected chi connectivity index (χ3v) is 8.24. The summed E-state index contributed by atoms with van der Waals surface area (Å²) < 4.78 is 47.4. The molecule has 32 heavy (non-hydrogen) atoms. The summed E-state index contributed by atoms with van der Waals surface area (Å²) in [4.78, 5) is 12.2. The molecule has 5 nitrogen and oxygen atoms in total. The predicted octanol–water partition coefficient (Wildman–Crippen LogP) is 4.89. The molecule has 2 aromatic rings. The number of nitrogens with zero attached hydrogens (tertiary/aromatic N) is 3. The Labute approximate surface area is 184 Å². The van der Waals surface area contributed by atoms with Gasteiger partial charge < -0.3 is 4.74 Å². The van der Waals surface area contributed by atoms with E-state index in [0.29, 0.717) is 42.0 Å². The van der Waals surface area contributed by atoms with Gasteiger partial charge in [0.15, 0.2) is 0 Å². The highest BCUT2D eigenvalue weighted by molar-refractivity contribution is 5.76. The maximum absolute atomic E-state index is 13.4. The largest absolute Gasteiger partial charge is 0.491 e. The Balaban J connectivity index is 1.53. The van der Waals surface area contributed by atoms with E-state index in [2.05, 4.69) is 10.2 Å². The number of halogens is 3. The van der Waals surface area contributed by atoms with Gasteiger partial charge in [0.25, 0.3) is 0 Å². The molecule has 4 bridgehead atoms. The zero-order valence-electron chi connectivity index (χ0n) is 17.8. The molecule has 7 rings (SSSR count). The molecule has 0 spiro atoms. The number of esters is 1. The highest BCUT2D eigenvalue weighted by Gasteiger charge is 2.57. The van der Waals surface area contributed by atoms with Crippen LogP contribution in [0.25, 0.3) is 0 Å². The van der Waals surface area contributed by atoms with Crippen molar-refractivity contribution in [2.45, 2.75) is 75.1 Å². The van der Waals surface area contributed by atoms with Crippen LogP contribution in [-0.4, -0.2) is 26.9 Å². The van der Waals surface area contributed by atoms with E-state index >= 15 is 0 Å². The van der Waals surface area contributed by atoms with Crippen LogP contribution in [0.1, 0.15) is 68.6 Å². The van der Waals surface area contributed by atoms with Crippen LogP contribution in [0.5, 0.6) is 0 Å². The summed E-state index contributed by atoms with van der Waals surface area (Å²) in [5, 5.41) is 9.06. The summed E-state index contributed by atoms with van der Waals surface area (Å²) in [6, 6.07) is 8.81. The van der Waals surface area contributed by atoms with E-state index in [1.54, 1.807) is 34.9 Å². The molecule has 1 atom stereocenters. The molecule has 4 aliphatic carbocycles. The summed E-state index contributed by atoms with van der Waals surface area (Å²) >= 11 is 0. The topological polar surface area (TPSA) is 57.0 Å². The molecule has 1 aromatic carbocycles. The van der Waals surface area contributed by atoms with Gasteiger partial charge in [0.05, 0.1) is 0 Å². The minimum Gasteiger partial charge on any atom is -0.427 e. The number of ether oxygens (including phenoxy) is 1. The van der Waals surface area contributed by atoms with Gasteiger partial charge in [-0.25, -0.2) is 4.79 Å². The van der Waals surface area contributed by atoms with Gasteiger partial charge in [-0.05, 0) is 62.7 Å². The molecule has 4 fully saturated rings. The second kappa shape index (κ2) is 6.81. The van der Waals surface area contributed by atoms with Crippen LogP contribution in [0.3, 0.4) is 0 Å². The summed E-state index contributed by atoms with van der Waals surface area (Å²) in [5.41, 5.74) is -1.24. The lowest BCUT2D eigenvalue weighted by molar-refractivity contribution is -0.221. The van der Waals surface area contributed by atoms with Crippen molar-refractivity contribution in [3.05, 3.63) is 47.5 Å². The average molecular weight is 445 g/mol. The van der Waals surface area contributed by atoms with Crippen molar-refractivity contribution in [3.8, 4) is 0 Å². The number of aryl methyl sites for hydroxylation is 1. The number of carbonyl (C=O) groups excluding carboxylic acids is 1. The van der Waals surface area contributed by atoms with Gasteiger partial charge in [-0.1, -0.05) is 30.3 Å². The van der Waals surface area contributed by atoms with Crippen LogP contribution in [0.2, 0.25) is 0 Å². The fourth-order valence-corrected chi connectivity index (χ4v) is 7.52. The summed E-state index contributed by atoms with van der Waals surface area (Å²) in [6.07, 6.45) is 3.08. The van der Waals surface area contributed by atoms with Gasteiger partial charge in [-0.2, -0.15) is 13.2 Å². The zero-order chi connectivity index (χ0) is 22.1. The fraction of sp³-hybridized carbons (Fsp3) is 0.625. The van der Waals surface area contributed by atoms with Crippen LogP contribution < -0.4 is 0 Å². The third-order valence-electron chi connectivity index (χ3n) is 8.24. The lowest BCUT2D eigenvalue weighted by Crippen LogP contribution is -2.53. The minimum absolute atomic E-state index is 0.192. The first-order valence-electron chi connectivity index (χ1n) is 11.6. The van der Waals surface area contributed by atoms with Crippen molar-refractivity contribution in [3.63, 3.8) is 0 Å². The van der Waals surface area contributed by atoms with Gasteiger partial charge in [0, 0.05) is 23.8 Å². The first-order valence-corrected chi connectivity index (χ1v) is 11.6. The van der Waals surface area contributed by atoms with E-state index in [4.69, 9.17) is 4.74 Å². The van der Waals surface area contributed by atoms with Crippen molar-refractivity contribution >= 4 is 5.97 Å². The average Bonchev–Trinajstić information content (AvgIpc) is 3.19. The van der Waals surface area contributed by atoms with Crippen LogP contribution in [0.4, 0.5) is 13.2 Å². The smallest absolute Gasteiger partial charge is 0.427 e. The number of fused-ring (bicyclic) bond motifs is 1. The quantitative estimate of drug-likeness (QED) is 0.632. The summed E-state index contributed by atoms with van der Waals surface area (Å²) in [7, 11) is 0. The molecule has 1 unspecified atom stereocenters. The highest BCUT2D eigenvalue weighted by Crippen LogP contribution is 2.61. The number of benzene rings is 1. The Morgan fingerprint density at radius 1 is 1.00 bits per heavy atom. The van der Waals surface area contributed by atoms with Crippen LogP contribution in [0, 0.1) is 17.8 Å². The van der Waals surface area contributed by atoms with Gasteiger partial charge in [0.2, 0.25) is 5.72 Å². The summed E-state index contributed by atoms with van der Waals surface area (Å²) in [5.74, 6) is 1.09. The van der Waals surface area contributed by atoms with E-state index in [1.165, 1.54) is 19.3 Å². The number of hydrogen-bond donors (Lipinski definition) is 0. The lowest BCUT2D eigenvalue weighted by Gasteiger charge is -2.56. The Hall–Kier alpha value is -2.38. The van der Waals surface area contributed by atoms with E-state index in [0.717, 1.165) is 25.1 Å². The molecule has 5 aliphatic rings. The van der Waals surface area contributed by atoms with Crippen LogP contribution in [0.15, 0.2) is 30.3 Å². The van der Waals surface area contributed by atoms with Gasteiger partial charge >= 0.3 is 12.1 Å². The lowest BCUT2D eigenvalue weighted by atomic mass is 9.49. The number of carbonyl (C=O) groups is 1. The van der Waals surface area contributed by atoms with Crippen LogP contribution >= 0.6 is 0 Å². The molecule has 0 saturated heterocycles. The van der Waals surface area contributed by atoms with E-state index in [1.807, 2.05) is 0 Å². The molecule has 1 aromatic heterocycles. The molecule has 8 heteroatoms. The third kappa shape index (κ3) is 2.94. The molecule has 1 aliphatic heterocycles. The maximum Gasteiger partial charge on any atom is 0.491 e. The van der Waals surface area contributed by atoms with Gasteiger partial charge in [0.1, 0.15) is 11.6 Å². The first-order chi connectivity index (χ1) is 15.3. The minimum atomic E-state index is -5.08. The molecular weight excluding hydrogens is 419 g/mol. The molecule has 0 radical (unpaired) electrons. The van der Waals surface area contributed by atoms with Crippen molar-refractivity contribution in [1.29, 1.82) is 0 Å². The maximum atomic E-state index is 13.4. The SMILES string of the molecule is O=C(OC1(c2ccccc2)CCCc2nnc(C34CC5CC(CC(C5)C3)C4)n21)C(F)(F)F. The Morgan fingerprint density at radius 3 is 2.22 bits per heavy atom. The zero-order valence-corrected chi connectivity index (χ0v) is 17.8. The number of aromatic nitrogens is 3. The molecule has 0 N–H and O–H groups in total. The molecular formula is C24H26F3N3O2. The van der Waals surface area contributed by atoms with E-state index < -0.39 is 17.9 Å². The molecule has 0 amide bonds. The van der Waals surface area contributed by atoms with E-state index in [-0.39, 0.29) is 11.8 Å².